The Kier molecular flexibility index (Phi) is 4.32. The number of amides is 1. The van der Waals surface area contributed by atoms with E-state index >= 15 is 0 Å². The number of hydrogen-bond donors (Lipinski definition) is 2. The predicted molar refractivity (Wildman–Crippen MR) is 67.1 cm³/mol. The highest BCUT2D eigenvalue weighted by Gasteiger charge is 2.45. The van der Waals surface area contributed by atoms with Crippen LogP contribution in [0.3, 0.4) is 0 Å². The maximum absolute atomic E-state index is 13.5. The van der Waals surface area contributed by atoms with Gasteiger partial charge in [-0.15, -0.1) is 0 Å². The number of carboxylic acid groups (broad SMARTS) is 1. The van der Waals surface area contributed by atoms with Crippen molar-refractivity contribution in [3.63, 3.8) is 0 Å². The summed E-state index contributed by atoms with van der Waals surface area (Å²) in [4.78, 5) is 22.1. The fourth-order valence-electron chi connectivity index (χ4n) is 2.21. The molecule has 0 spiro atoms. The van der Waals surface area contributed by atoms with Gasteiger partial charge in [-0.2, -0.15) is 0 Å². The molecule has 0 aromatic heterocycles. The number of carbonyl (C=O) groups is 2. The molecule has 1 amide bonds. The first kappa shape index (κ1) is 14.4. The first-order valence-corrected chi connectivity index (χ1v) is 6.43. The van der Waals surface area contributed by atoms with Gasteiger partial charge in [-0.25, -0.2) is 8.78 Å². The minimum atomic E-state index is -0.906. The van der Waals surface area contributed by atoms with E-state index < -0.39 is 17.6 Å². The summed E-state index contributed by atoms with van der Waals surface area (Å²) in [6.45, 7) is 0.292. The highest BCUT2D eigenvalue weighted by molar-refractivity contribution is 5.82. The maximum Gasteiger partial charge on any atom is 0.303 e. The molecule has 108 valence electrons. The lowest BCUT2D eigenvalue weighted by Gasteiger charge is -2.05. The zero-order chi connectivity index (χ0) is 14.7. The molecule has 2 atom stereocenters. The Balaban J connectivity index is 1.82. The second kappa shape index (κ2) is 5.98. The third-order valence-electron chi connectivity index (χ3n) is 3.36. The normalized spacial score (nSPS) is 20.5. The Bertz CT molecular complexity index is 533. The highest BCUT2D eigenvalue weighted by atomic mass is 19.1. The summed E-state index contributed by atoms with van der Waals surface area (Å²) in [7, 11) is 0. The molecule has 0 aliphatic heterocycles. The van der Waals surface area contributed by atoms with Gasteiger partial charge >= 0.3 is 5.97 Å². The molecule has 1 aromatic carbocycles. The molecule has 0 saturated heterocycles. The van der Waals surface area contributed by atoms with Gasteiger partial charge in [-0.05, 0) is 30.4 Å². The number of hydrogen-bond acceptors (Lipinski definition) is 2. The Morgan fingerprint density at radius 2 is 2.10 bits per heavy atom. The molecule has 1 aliphatic carbocycles. The number of rotatable bonds is 6. The van der Waals surface area contributed by atoms with E-state index in [9.17, 15) is 18.4 Å². The van der Waals surface area contributed by atoms with E-state index in [4.69, 9.17) is 5.11 Å². The van der Waals surface area contributed by atoms with Crippen molar-refractivity contribution in [3.05, 3.63) is 35.4 Å². The first-order chi connectivity index (χ1) is 9.49. The molecule has 4 nitrogen and oxygen atoms in total. The maximum atomic E-state index is 13.5. The van der Waals surface area contributed by atoms with Crippen molar-refractivity contribution in [2.24, 2.45) is 5.92 Å². The van der Waals surface area contributed by atoms with Crippen molar-refractivity contribution in [2.45, 2.75) is 25.2 Å². The average Bonchev–Trinajstić information content (AvgIpc) is 3.14. The molecule has 1 aromatic rings. The number of nitrogens with one attached hydrogen (secondary N) is 1. The van der Waals surface area contributed by atoms with Crippen molar-refractivity contribution in [3.8, 4) is 0 Å². The van der Waals surface area contributed by atoms with Crippen LogP contribution in [0.1, 0.15) is 30.7 Å². The van der Waals surface area contributed by atoms with Crippen LogP contribution < -0.4 is 5.32 Å². The van der Waals surface area contributed by atoms with Gasteiger partial charge in [0.25, 0.3) is 0 Å². The SMILES string of the molecule is O=C(O)CCCNC(=O)[C@@H]1C[C@H]1c1ccc(F)cc1F. The summed E-state index contributed by atoms with van der Waals surface area (Å²) < 4.78 is 26.3. The molecular formula is C14H15F2NO3. The molecule has 1 saturated carbocycles. The molecule has 2 rings (SSSR count). The van der Waals surface area contributed by atoms with Gasteiger partial charge in [0, 0.05) is 24.9 Å². The molecule has 20 heavy (non-hydrogen) atoms. The summed E-state index contributed by atoms with van der Waals surface area (Å²) in [6.07, 6.45) is 0.900. The zero-order valence-electron chi connectivity index (χ0n) is 10.7. The van der Waals surface area contributed by atoms with Gasteiger partial charge in [0.1, 0.15) is 11.6 Å². The van der Waals surface area contributed by atoms with Crippen molar-refractivity contribution < 1.29 is 23.5 Å². The number of halogens is 2. The standard InChI is InChI=1S/C14H15F2NO3/c15-8-3-4-9(12(16)6-8)10-7-11(10)14(20)17-5-1-2-13(18)19/h3-4,6,10-11H,1-2,5,7H2,(H,17,20)(H,18,19)/t10-,11+/m0/s1. The van der Waals surface area contributed by atoms with Gasteiger partial charge in [0.15, 0.2) is 0 Å². The minimum Gasteiger partial charge on any atom is -0.481 e. The third-order valence-corrected chi connectivity index (χ3v) is 3.36. The van der Waals surface area contributed by atoms with E-state index in [2.05, 4.69) is 5.32 Å². The average molecular weight is 283 g/mol. The van der Waals surface area contributed by atoms with Crippen molar-refractivity contribution in [2.75, 3.05) is 6.54 Å². The van der Waals surface area contributed by atoms with Crippen LogP contribution in [0.5, 0.6) is 0 Å². The Morgan fingerprint density at radius 3 is 2.75 bits per heavy atom. The van der Waals surface area contributed by atoms with Crippen molar-refractivity contribution >= 4 is 11.9 Å². The zero-order valence-corrected chi connectivity index (χ0v) is 10.7. The molecule has 1 fully saturated rings. The van der Waals surface area contributed by atoms with Crippen molar-refractivity contribution in [1.82, 2.24) is 5.32 Å². The fourth-order valence-corrected chi connectivity index (χ4v) is 2.21. The summed E-state index contributed by atoms with van der Waals surface area (Å²) in [5.41, 5.74) is 0.358. The number of aliphatic carboxylic acids is 1. The largest absolute Gasteiger partial charge is 0.481 e. The first-order valence-electron chi connectivity index (χ1n) is 6.43. The Labute approximate surface area is 114 Å². The highest BCUT2D eigenvalue weighted by Crippen LogP contribution is 2.48. The predicted octanol–water partition coefficient (Wildman–Crippen LogP) is 2.05. The second-order valence-electron chi connectivity index (χ2n) is 4.90. The van der Waals surface area contributed by atoms with Crippen LogP contribution in [0.15, 0.2) is 18.2 Å². The summed E-state index contributed by atoms with van der Waals surface area (Å²) in [6, 6.07) is 3.36. The molecule has 0 heterocycles. The van der Waals surface area contributed by atoms with Gasteiger partial charge < -0.3 is 10.4 Å². The van der Waals surface area contributed by atoms with Gasteiger partial charge in [-0.1, -0.05) is 6.07 Å². The Morgan fingerprint density at radius 1 is 1.35 bits per heavy atom. The van der Waals surface area contributed by atoms with Crippen LogP contribution >= 0.6 is 0 Å². The summed E-state index contributed by atoms with van der Waals surface area (Å²) in [5.74, 6) is -2.89. The Hall–Kier alpha value is -1.98. The second-order valence-corrected chi connectivity index (χ2v) is 4.90. The number of benzene rings is 1. The van der Waals surface area contributed by atoms with Crippen LogP contribution in [0, 0.1) is 17.6 Å². The fraction of sp³-hybridized carbons (Fsp3) is 0.429. The van der Waals surface area contributed by atoms with Crippen LogP contribution in [-0.2, 0) is 9.59 Å². The van der Waals surface area contributed by atoms with Gasteiger partial charge in [0.2, 0.25) is 5.91 Å². The van der Waals surface area contributed by atoms with Gasteiger partial charge in [0.05, 0.1) is 0 Å². The van der Waals surface area contributed by atoms with Crippen molar-refractivity contribution in [1.29, 1.82) is 0 Å². The molecule has 0 unspecified atom stereocenters. The third kappa shape index (κ3) is 3.53. The van der Waals surface area contributed by atoms with Crippen LogP contribution in [0.2, 0.25) is 0 Å². The quantitative estimate of drug-likeness (QED) is 0.785. The number of carboxylic acids is 1. The summed E-state index contributed by atoms with van der Waals surface area (Å²) in [5, 5.41) is 11.1. The van der Waals surface area contributed by atoms with E-state index in [1.165, 1.54) is 12.1 Å². The molecule has 6 heteroatoms. The molecule has 2 N–H and O–H groups in total. The number of carbonyl (C=O) groups excluding carboxylic acids is 1. The summed E-state index contributed by atoms with van der Waals surface area (Å²) >= 11 is 0. The lowest BCUT2D eigenvalue weighted by atomic mass is 10.1. The van der Waals surface area contributed by atoms with Crippen LogP contribution in [0.4, 0.5) is 8.78 Å². The van der Waals surface area contributed by atoms with E-state index in [0.29, 0.717) is 24.9 Å². The minimum absolute atomic E-state index is 0.000958. The lowest BCUT2D eigenvalue weighted by Crippen LogP contribution is -2.26. The van der Waals surface area contributed by atoms with E-state index in [1.807, 2.05) is 0 Å². The van der Waals surface area contributed by atoms with Crippen LogP contribution in [-0.4, -0.2) is 23.5 Å². The van der Waals surface area contributed by atoms with E-state index in [1.54, 1.807) is 0 Å². The molecule has 0 radical (unpaired) electrons. The molecule has 1 aliphatic rings. The monoisotopic (exact) mass is 283 g/mol. The van der Waals surface area contributed by atoms with Gasteiger partial charge in [-0.3, -0.25) is 9.59 Å². The van der Waals surface area contributed by atoms with E-state index in [0.717, 1.165) is 6.07 Å². The lowest BCUT2D eigenvalue weighted by molar-refractivity contribution is -0.137. The topological polar surface area (TPSA) is 66.4 Å². The van der Waals surface area contributed by atoms with E-state index in [-0.39, 0.29) is 24.2 Å². The smallest absolute Gasteiger partial charge is 0.303 e. The molecule has 0 bridgehead atoms. The molecular weight excluding hydrogens is 268 g/mol. The van der Waals surface area contributed by atoms with Crippen LogP contribution in [0.25, 0.3) is 0 Å².